The Balaban J connectivity index is 1.80. The maximum atomic E-state index is 11.7. The Morgan fingerprint density at radius 2 is 2.19 bits per heavy atom. The molecule has 16 heavy (non-hydrogen) atoms. The fourth-order valence-electron chi connectivity index (χ4n) is 1.81. The van der Waals surface area contributed by atoms with Crippen LogP contribution in [0.2, 0.25) is 0 Å². The number of hydrogen-bond donors (Lipinski definition) is 2. The highest BCUT2D eigenvalue weighted by molar-refractivity contribution is 5.74. The minimum atomic E-state index is -0.359. The van der Waals surface area contributed by atoms with Crippen molar-refractivity contribution in [1.82, 2.24) is 10.2 Å². The molecular formula is C12H16N2O2. The second-order valence-corrected chi connectivity index (χ2v) is 4.03. The summed E-state index contributed by atoms with van der Waals surface area (Å²) in [6.45, 7) is 1.62. The Morgan fingerprint density at radius 3 is 2.81 bits per heavy atom. The van der Waals surface area contributed by atoms with E-state index in [1.807, 2.05) is 30.3 Å². The van der Waals surface area contributed by atoms with Crippen LogP contribution in [0.4, 0.5) is 4.79 Å². The van der Waals surface area contributed by atoms with Gasteiger partial charge in [-0.05, 0) is 12.0 Å². The van der Waals surface area contributed by atoms with Gasteiger partial charge in [0, 0.05) is 19.6 Å². The van der Waals surface area contributed by atoms with Gasteiger partial charge < -0.3 is 15.3 Å². The van der Waals surface area contributed by atoms with Crippen molar-refractivity contribution in [2.75, 3.05) is 13.1 Å². The van der Waals surface area contributed by atoms with Crippen molar-refractivity contribution < 1.29 is 9.90 Å². The number of nitrogens with zero attached hydrogens (tertiary/aromatic N) is 1. The number of carbonyl (C=O) groups is 1. The number of hydrogen-bond acceptors (Lipinski definition) is 2. The smallest absolute Gasteiger partial charge is 0.317 e. The summed E-state index contributed by atoms with van der Waals surface area (Å²) in [6.07, 6.45) is 0.321. The first-order valence-corrected chi connectivity index (χ1v) is 5.50. The van der Waals surface area contributed by atoms with E-state index in [2.05, 4.69) is 5.32 Å². The van der Waals surface area contributed by atoms with Gasteiger partial charge in [0.1, 0.15) is 0 Å². The molecule has 1 atom stereocenters. The molecule has 2 rings (SSSR count). The zero-order chi connectivity index (χ0) is 11.4. The number of rotatable bonds is 2. The average molecular weight is 220 g/mol. The number of β-amino-alcohol motifs (C(OH)–C–C–N with tert-alkyl or cyclic N) is 1. The Morgan fingerprint density at radius 1 is 1.44 bits per heavy atom. The largest absolute Gasteiger partial charge is 0.391 e. The van der Waals surface area contributed by atoms with Crippen LogP contribution in [0, 0.1) is 0 Å². The molecule has 0 aliphatic carbocycles. The SMILES string of the molecule is O=C(NCc1ccccc1)N1CCC(O)C1. The van der Waals surface area contributed by atoms with Crippen LogP contribution >= 0.6 is 0 Å². The highest BCUT2D eigenvalue weighted by Gasteiger charge is 2.23. The Bertz CT molecular complexity index is 353. The number of aliphatic hydroxyl groups excluding tert-OH is 1. The van der Waals surface area contributed by atoms with Gasteiger partial charge in [-0.25, -0.2) is 4.79 Å². The summed E-state index contributed by atoms with van der Waals surface area (Å²) >= 11 is 0. The normalized spacial score (nSPS) is 19.8. The van der Waals surface area contributed by atoms with Crippen molar-refractivity contribution in [3.63, 3.8) is 0 Å². The van der Waals surface area contributed by atoms with E-state index in [0.717, 1.165) is 5.56 Å². The lowest BCUT2D eigenvalue weighted by atomic mass is 10.2. The molecular weight excluding hydrogens is 204 g/mol. The monoisotopic (exact) mass is 220 g/mol. The first-order valence-electron chi connectivity index (χ1n) is 5.50. The summed E-state index contributed by atoms with van der Waals surface area (Å²) in [5.41, 5.74) is 1.08. The minimum Gasteiger partial charge on any atom is -0.391 e. The summed E-state index contributed by atoms with van der Waals surface area (Å²) in [6, 6.07) is 9.68. The fraction of sp³-hybridized carbons (Fsp3) is 0.417. The molecule has 2 N–H and O–H groups in total. The molecule has 1 heterocycles. The summed E-state index contributed by atoms with van der Waals surface area (Å²) in [5.74, 6) is 0. The van der Waals surface area contributed by atoms with E-state index < -0.39 is 0 Å². The number of aliphatic hydroxyl groups is 1. The molecule has 0 spiro atoms. The summed E-state index contributed by atoms with van der Waals surface area (Å²) in [4.78, 5) is 13.3. The molecule has 1 aliphatic rings. The molecule has 0 radical (unpaired) electrons. The van der Waals surface area contributed by atoms with Crippen LogP contribution in [0.1, 0.15) is 12.0 Å². The maximum absolute atomic E-state index is 11.7. The number of amides is 2. The number of benzene rings is 1. The highest BCUT2D eigenvalue weighted by atomic mass is 16.3. The molecule has 1 fully saturated rings. The Kier molecular flexibility index (Phi) is 3.41. The predicted octanol–water partition coefficient (Wildman–Crippen LogP) is 0.963. The van der Waals surface area contributed by atoms with Crippen molar-refractivity contribution in [2.24, 2.45) is 0 Å². The van der Waals surface area contributed by atoms with E-state index in [1.165, 1.54) is 0 Å². The Labute approximate surface area is 94.9 Å². The van der Waals surface area contributed by atoms with Gasteiger partial charge >= 0.3 is 6.03 Å². The van der Waals surface area contributed by atoms with Crippen molar-refractivity contribution in [3.8, 4) is 0 Å². The van der Waals surface area contributed by atoms with Gasteiger partial charge in [0.05, 0.1) is 6.10 Å². The number of nitrogens with one attached hydrogen (secondary N) is 1. The van der Waals surface area contributed by atoms with Crippen LogP contribution < -0.4 is 5.32 Å². The number of urea groups is 1. The fourth-order valence-corrected chi connectivity index (χ4v) is 1.81. The van der Waals surface area contributed by atoms with Gasteiger partial charge in [0.15, 0.2) is 0 Å². The van der Waals surface area contributed by atoms with E-state index in [-0.39, 0.29) is 12.1 Å². The second-order valence-electron chi connectivity index (χ2n) is 4.03. The first-order chi connectivity index (χ1) is 7.75. The summed E-state index contributed by atoms with van der Waals surface area (Å²) < 4.78 is 0. The molecule has 4 heteroatoms. The molecule has 1 unspecified atom stereocenters. The summed E-state index contributed by atoms with van der Waals surface area (Å²) in [5, 5.41) is 12.1. The van der Waals surface area contributed by atoms with Crippen molar-refractivity contribution in [3.05, 3.63) is 35.9 Å². The zero-order valence-corrected chi connectivity index (χ0v) is 9.10. The lowest BCUT2D eigenvalue weighted by molar-refractivity contribution is 0.172. The van der Waals surface area contributed by atoms with Gasteiger partial charge in [0.25, 0.3) is 0 Å². The lowest BCUT2D eigenvalue weighted by Gasteiger charge is -2.16. The Hall–Kier alpha value is -1.55. The minimum absolute atomic E-state index is 0.0968. The predicted molar refractivity (Wildman–Crippen MR) is 60.9 cm³/mol. The van der Waals surface area contributed by atoms with Crippen LogP contribution in [-0.2, 0) is 6.54 Å². The second kappa shape index (κ2) is 4.99. The molecule has 1 aromatic carbocycles. The van der Waals surface area contributed by atoms with Crippen molar-refractivity contribution in [2.45, 2.75) is 19.1 Å². The number of likely N-dealkylation sites (tertiary alicyclic amines) is 1. The molecule has 0 bridgehead atoms. The zero-order valence-electron chi connectivity index (χ0n) is 9.10. The highest BCUT2D eigenvalue weighted by Crippen LogP contribution is 2.08. The van der Waals surface area contributed by atoms with Gasteiger partial charge in [0.2, 0.25) is 0 Å². The van der Waals surface area contributed by atoms with Crippen molar-refractivity contribution in [1.29, 1.82) is 0 Å². The average Bonchev–Trinajstić information content (AvgIpc) is 2.74. The van der Waals surface area contributed by atoms with E-state index in [4.69, 9.17) is 0 Å². The van der Waals surface area contributed by atoms with Crippen LogP contribution in [0.25, 0.3) is 0 Å². The van der Waals surface area contributed by atoms with E-state index in [1.54, 1.807) is 4.90 Å². The molecule has 1 aliphatic heterocycles. The first kappa shape index (κ1) is 11.0. The van der Waals surface area contributed by atoms with Gasteiger partial charge in [-0.1, -0.05) is 30.3 Å². The van der Waals surface area contributed by atoms with Crippen LogP contribution in [0.3, 0.4) is 0 Å². The van der Waals surface area contributed by atoms with Crippen LogP contribution in [-0.4, -0.2) is 35.2 Å². The molecule has 2 amide bonds. The molecule has 0 saturated carbocycles. The van der Waals surface area contributed by atoms with Gasteiger partial charge in [-0.2, -0.15) is 0 Å². The molecule has 86 valence electrons. The van der Waals surface area contributed by atoms with E-state index >= 15 is 0 Å². The molecule has 1 aromatic rings. The third-order valence-corrected chi connectivity index (χ3v) is 2.74. The molecule has 4 nitrogen and oxygen atoms in total. The third kappa shape index (κ3) is 2.73. The van der Waals surface area contributed by atoms with E-state index in [9.17, 15) is 9.90 Å². The number of carbonyl (C=O) groups excluding carboxylic acids is 1. The quantitative estimate of drug-likeness (QED) is 0.780. The van der Waals surface area contributed by atoms with Gasteiger partial charge in [-0.3, -0.25) is 0 Å². The van der Waals surface area contributed by atoms with Crippen LogP contribution in [0.5, 0.6) is 0 Å². The summed E-state index contributed by atoms with van der Waals surface area (Å²) in [7, 11) is 0. The lowest BCUT2D eigenvalue weighted by Crippen LogP contribution is -2.38. The topological polar surface area (TPSA) is 52.6 Å². The molecule has 0 aromatic heterocycles. The van der Waals surface area contributed by atoms with Crippen LogP contribution in [0.15, 0.2) is 30.3 Å². The van der Waals surface area contributed by atoms with E-state index in [0.29, 0.717) is 26.1 Å². The molecule has 1 saturated heterocycles. The maximum Gasteiger partial charge on any atom is 0.317 e. The van der Waals surface area contributed by atoms with Crippen molar-refractivity contribution >= 4 is 6.03 Å². The third-order valence-electron chi connectivity index (χ3n) is 2.74. The van der Waals surface area contributed by atoms with Gasteiger partial charge in [-0.15, -0.1) is 0 Å². The standard InChI is InChI=1S/C12H16N2O2/c15-11-6-7-14(9-11)12(16)13-8-10-4-2-1-3-5-10/h1-5,11,15H,6-9H2,(H,13,16).